The molecule has 1 aromatic carbocycles. The van der Waals surface area contributed by atoms with Crippen LogP contribution >= 0.6 is 11.6 Å². The lowest BCUT2D eigenvalue weighted by Gasteiger charge is -2.44. The van der Waals surface area contributed by atoms with Crippen LogP contribution < -0.4 is 4.74 Å². The average Bonchev–Trinajstić information content (AvgIpc) is 3.28. The van der Waals surface area contributed by atoms with E-state index in [0.29, 0.717) is 24.0 Å². The van der Waals surface area contributed by atoms with Crippen LogP contribution in [0, 0.1) is 5.41 Å². The van der Waals surface area contributed by atoms with Gasteiger partial charge in [0.05, 0.1) is 19.8 Å². The molecule has 0 radical (unpaired) electrons. The zero-order valence-electron chi connectivity index (χ0n) is 14.3. The molecule has 2 heterocycles. The number of halogens is 1. The molecule has 1 aliphatic rings. The van der Waals surface area contributed by atoms with Crippen molar-refractivity contribution in [1.29, 1.82) is 0 Å². The molecule has 0 bridgehead atoms. The van der Waals surface area contributed by atoms with E-state index in [-0.39, 0.29) is 13.2 Å². The van der Waals surface area contributed by atoms with Crippen LogP contribution in [0.3, 0.4) is 0 Å². The van der Waals surface area contributed by atoms with Crippen molar-refractivity contribution in [1.82, 2.24) is 14.8 Å². The van der Waals surface area contributed by atoms with E-state index in [1.165, 1.54) is 6.33 Å². The van der Waals surface area contributed by atoms with Crippen LogP contribution in [-0.2, 0) is 16.0 Å². The van der Waals surface area contributed by atoms with E-state index in [2.05, 4.69) is 10.1 Å². The monoisotopic (exact) mass is 367 g/mol. The van der Waals surface area contributed by atoms with Crippen molar-refractivity contribution in [2.75, 3.05) is 19.8 Å². The van der Waals surface area contributed by atoms with E-state index < -0.39 is 17.3 Å². The second-order valence-electron chi connectivity index (χ2n) is 6.66. The van der Waals surface area contributed by atoms with Gasteiger partial charge in [-0.25, -0.2) is 9.67 Å². The summed E-state index contributed by atoms with van der Waals surface area (Å²) in [5, 5.41) is 16.2. The van der Waals surface area contributed by atoms with Gasteiger partial charge in [0, 0.05) is 10.4 Å². The molecule has 0 amide bonds. The molecule has 2 aromatic rings. The molecule has 1 atom stereocenters. The molecule has 0 spiro atoms. The summed E-state index contributed by atoms with van der Waals surface area (Å²) in [4.78, 5) is 3.94. The van der Waals surface area contributed by atoms with E-state index >= 15 is 0 Å². The summed E-state index contributed by atoms with van der Waals surface area (Å²) in [5.74, 6) is 0.616. The molecule has 1 aromatic heterocycles. The van der Waals surface area contributed by atoms with E-state index in [1.54, 1.807) is 35.3 Å². The molecular formula is C17H22ClN3O4. The maximum atomic E-state index is 11.5. The number of rotatable bonds is 7. The number of aromatic nitrogens is 3. The van der Waals surface area contributed by atoms with E-state index in [1.807, 2.05) is 13.8 Å². The quantitative estimate of drug-likeness (QED) is 0.807. The van der Waals surface area contributed by atoms with Crippen molar-refractivity contribution >= 4 is 11.6 Å². The summed E-state index contributed by atoms with van der Waals surface area (Å²) in [6, 6.07) is 6.99. The highest BCUT2D eigenvalue weighted by atomic mass is 35.5. The lowest BCUT2D eigenvalue weighted by Crippen LogP contribution is -2.58. The smallest absolute Gasteiger partial charge is 0.165 e. The zero-order valence-corrected chi connectivity index (χ0v) is 15.0. The van der Waals surface area contributed by atoms with Crippen molar-refractivity contribution in [3.05, 3.63) is 41.9 Å². The second kappa shape index (κ2) is 7.29. The van der Waals surface area contributed by atoms with Crippen LogP contribution in [0.4, 0.5) is 0 Å². The Morgan fingerprint density at radius 2 is 1.96 bits per heavy atom. The predicted octanol–water partition coefficient (Wildman–Crippen LogP) is 2.14. The number of ether oxygens (including phenoxy) is 3. The van der Waals surface area contributed by atoms with Gasteiger partial charge in [0.1, 0.15) is 30.6 Å². The number of nitrogens with zero attached hydrogens (tertiary/aromatic N) is 3. The minimum atomic E-state index is -1.31. The first-order valence-corrected chi connectivity index (χ1v) is 8.45. The Kier molecular flexibility index (Phi) is 5.29. The normalized spacial score (nSPS) is 18.2. The zero-order chi connectivity index (χ0) is 17.9. The van der Waals surface area contributed by atoms with Gasteiger partial charge in [-0.2, -0.15) is 5.10 Å². The number of hydrogen-bond donors (Lipinski definition) is 1. The number of benzene rings is 1. The molecule has 1 fully saturated rings. The SMILES string of the molecule is CC(C)(C1OCCO1)C(O)(COc1ccc(Cl)cc1)Cn1cncn1. The van der Waals surface area contributed by atoms with Crippen LogP contribution in [0.2, 0.25) is 5.02 Å². The predicted molar refractivity (Wildman–Crippen MR) is 91.4 cm³/mol. The van der Waals surface area contributed by atoms with Gasteiger partial charge in [0.2, 0.25) is 0 Å². The van der Waals surface area contributed by atoms with Gasteiger partial charge in [-0.15, -0.1) is 0 Å². The maximum absolute atomic E-state index is 11.5. The topological polar surface area (TPSA) is 78.6 Å². The highest BCUT2D eigenvalue weighted by Crippen LogP contribution is 2.40. The van der Waals surface area contributed by atoms with Gasteiger partial charge < -0.3 is 19.3 Å². The Bertz CT molecular complexity index is 672. The maximum Gasteiger partial charge on any atom is 0.165 e. The van der Waals surface area contributed by atoms with E-state index in [9.17, 15) is 5.11 Å². The van der Waals surface area contributed by atoms with Crippen LogP contribution in [0.5, 0.6) is 5.75 Å². The van der Waals surface area contributed by atoms with Crippen molar-refractivity contribution in [3.63, 3.8) is 0 Å². The fraction of sp³-hybridized carbons (Fsp3) is 0.529. The van der Waals surface area contributed by atoms with Crippen molar-refractivity contribution < 1.29 is 19.3 Å². The van der Waals surface area contributed by atoms with Crippen LogP contribution in [-0.4, -0.2) is 51.6 Å². The molecule has 25 heavy (non-hydrogen) atoms. The van der Waals surface area contributed by atoms with Gasteiger partial charge in [-0.05, 0) is 24.3 Å². The lowest BCUT2D eigenvalue weighted by molar-refractivity contribution is -0.215. The Morgan fingerprint density at radius 3 is 2.56 bits per heavy atom. The minimum Gasteiger partial charge on any atom is -0.490 e. The summed E-state index contributed by atoms with van der Waals surface area (Å²) < 4.78 is 18.7. The number of hydrogen-bond acceptors (Lipinski definition) is 6. The molecule has 3 rings (SSSR count). The van der Waals surface area contributed by atoms with Gasteiger partial charge in [-0.1, -0.05) is 25.4 Å². The molecule has 0 aliphatic carbocycles. The minimum absolute atomic E-state index is 0.0325. The number of aliphatic hydroxyl groups is 1. The largest absolute Gasteiger partial charge is 0.490 e. The van der Waals surface area contributed by atoms with Gasteiger partial charge >= 0.3 is 0 Å². The average molecular weight is 368 g/mol. The Hall–Kier alpha value is -1.67. The molecule has 1 unspecified atom stereocenters. The van der Waals surface area contributed by atoms with Crippen LogP contribution in [0.1, 0.15) is 13.8 Å². The standard InChI is InChI=1S/C17H22ClN3O4/c1-16(2,15-23-7-8-24-15)17(22,9-21-12-19-11-20-21)10-25-14-5-3-13(18)4-6-14/h3-6,11-12,15,22H,7-10H2,1-2H3. The van der Waals surface area contributed by atoms with Crippen LogP contribution in [0.15, 0.2) is 36.9 Å². The van der Waals surface area contributed by atoms with Gasteiger partial charge in [0.25, 0.3) is 0 Å². The third-order valence-electron chi connectivity index (χ3n) is 4.59. The van der Waals surface area contributed by atoms with Crippen LogP contribution in [0.25, 0.3) is 0 Å². The lowest BCUT2D eigenvalue weighted by atomic mass is 9.74. The second-order valence-corrected chi connectivity index (χ2v) is 7.10. The third kappa shape index (κ3) is 3.95. The highest BCUT2D eigenvalue weighted by Gasteiger charge is 2.52. The van der Waals surface area contributed by atoms with Gasteiger partial charge in [0.15, 0.2) is 6.29 Å². The van der Waals surface area contributed by atoms with Crippen molar-refractivity contribution in [2.45, 2.75) is 32.3 Å². The third-order valence-corrected chi connectivity index (χ3v) is 4.84. The molecule has 0 saturated carbocycles. The summed E-state index contributed by atoms with van der Waals surface area (Å²) >= 11 is 5.90. The summed E-state index contributed by atoms with van der Waals surface area (Å²) in [5.41, 5.74) is -2.06. The van der Waals surface area contributed by atoms with E-state index in [4.69, 9.17) is 25.8 Å². The first-order chi connectivity index (χ1) is 11.9. The summed E-state index contributed by atoms with van der Waals surface area (Å²) in [6.45, 7) is 5.02. The molecule has 136 valence electrons. The summed E-state index contributed by atoms with van der Waals surface area (Å²) in [6.07, 6.45) is 2.45. The first kappa shape index (κ1) is 18.1. The van der Waals surface area contributed by atoms with Crippen molar-refractivity contribution in [2.24, 2.45) is 5.41 Å². The first-order valence-electron chi connectivity index (χ1n) is 8.07. The summed E-state index contributed by atoms with van der Waals surface area (Å²) in [7, 11) is 0. The fourth-order valence-corrected chi connectivity index (χ4v) is 2.87. The molecule has 8 heteroatoms. The highest BCUT2D eigenvalue weighted by molar-refractivity contribution is 6.30. The molecule has 1 saturated heterocycles. The Morgan fingerprint density at radius 1 is 1.28 bits per heavy atom. The molecule has 7 nitrogen and oxygen atoms in total. The molecule has 1 aliphatic heterocycles. The molecular weight excluding hydrogens is 346 g/mol. The Labute approximate surface area is 151 Å². The Balaban J connectivity index is 1.81. The fourth-order valence-electron chi connectivity index (χ4n) is 2.75. The van der Waals surface area contributed by atoms with Crippen molar-refractivity contribution in [3.8, 4) is 5.75 Å². The van der Waals surface area contributed by atoms with Gasteiger partial charge in [-0.3, -0.25) is 0 Å². The van der Waals surface area contributed by atoms with E-state index in [0.717, 1.165) is 0 Å². The molecule has 1 N–H and O–H groups in total.